The number of thiocarbonyl (C=S) groups is 1. The fourth-order valence-corrected chi connectivity index (χ4v) is 9.99. The summed E-state index contributed by atoms with van der Waals surface area (Å²) in [4.78, 5) is 69.8. The summed E-state index contributed by atoms with van der Waals surface area (Å²) in [6.07, 6.45) is -5.55. The zero-order chi connectivity index (χ0) is 52.3. The van der Waals surface area contributed by atoms with E-state index in [9.17, 15) is 37.5 Å². The number of aliphatic hydroxyl groups is 1. The Morgan fingerprint density at radius 3 is 2.22 bits per heavy atom. The molecule has 4 amide bonds. The number of rotatable bonds is 17. The molecule has 0 spiro atoms. The van der Waals surface area contributed by atoms with Crippen LogP contribution in [0.1, 0.15) is 57.9 Å². The monoisotopic (exact) mass is 1030 g/mol. The van der Waals surface area contributed by atoms with Crippen LogP contribution in [-0.2, 0) is 31.9 Å². The van der Waals surface area contributed by atoms with Crippen LogP contribution in [0, 0.1) is 12.3 Å². The van der Waals surface area contributed by atoms with Gasteiger partial charge in [0.15, 0.2) is 5.11 Å². The van der Waals surface area contributed by atoms with Gasteiger partial charge in [0.2, 0.25) is 17.7 Å². The SMILES string of the molecule is C=NCc1ccc(N2C(=O)C(C)(C)N(c3ccc(OCCOc4ccc(N(C)CC(=O)N[C@H](C(=O)N5C[C@H](O)C[C@@H]5C(=O)Nc5cccc(-c6scnc6C)c5)C(C)(C)C)cc4)cc3)C2=S)cc1C(F)(F)F. The minimum absolute atomic E-state index is 0.00819. The van der Waals surface area contributed by atoms with Gasteiger partial charge in [0, 0.05) is 37.1 Å². The number of nitrogens with zero attached hydrogens (tertiary/aromatic N) is 6. The molecule has 0 unspecified atom stereocenters. The number of ether oxygens (including phenoxy) is 2. The van der Waals surface area contributed by atoms with Crippen LogP contribution in [-0.4, -0.2) is 108 Å². The van der Waals surface area contributed by atoms with Crippen molar-refractivity contribution in [1.29, 1.82) is 0 Å². The van der Waals surface area contributed by atoms with Crippen LogP contribution in [0.3, 0.4) is 0 Å². The summed E-state index contributed by atoms with van der Waals surface area (Å²) in [5.41, 5.74) is 2.36. The van der Waals surface area contributed by atoms with Crippen molar-refractivity contribution >= 4 is 81.8 Å². The molecule has 0 aliphatic carbocycles. The van der Waals surface area contributed by atoms with Crippen molar-refractivity contribution in [2.24, 2.45) is 10.4 Å². The third-order valence-corrected chi connectivity index (χ3v) is 13.7. The number of aliphatic imine (C=N–C) groups is 1. The van der Waals surface area contributed by atoms with E-state index in [1.165, 1.54) is 28.4 Å². The van der Waals surface area contributed by atoms with E-state index in [-0.39, 0.29) is 55.6 Å². The first kappa shape index (κ1) is 52.9. The number of carbonyl (C=O) groups is 4. The summed E-state index contributed by atoms with van der Waals surface area (Å²) in [6.45, 7) is 14.0. The highest BCUT2D eigenvalue weighted by Gasteiger charge is 2.51. The molecule has 2 fully saturated rings. The summed E-state index contributed by atoms with van der Waals surface area (Å²) in [6, 6.07) is 22.9. The molecular weight excluding hydrogens is 970 g/mol. The largest absolute Gasteiger partial charge is 0.490 e. The van der Waals surface area contributed by atoms with E-state index in [0.29, 0.717) is 28.6 Å². The molecule has 3 N–H and O–H groups in total. The normalized spacial score (nSPS) is 17.2. The molecule has 0 saturated carbocycles. The Bertz CT molecular complexity index is 2830. The number of aromatic nitrogens is 1. The van der Waals surface area contributed by atoms with Crippen LogP contribution in [0.2, 0.25) is 0 Å². The molecule has 7 rings (SSSR count). The molecule has 2 saturated heterocycles. The lowest BCUT2D eigenvalue weighted by Crippen LogP contribution is -2.58. The van der Waals surface area contributed by atoms with Gasteiger partial charge in [0.05, 0.1) is 46.5 Å². The zero-order valence-electron chi connectivity index (χ0n) is 40.9. The maximum Gasteiger partial charge on any atom is 0.416 e. The number of amides is 4. The fraction of sp³-hybridized carbons (Fsp3) is 0.365. The lowest BCUT2D eigenvalue weighted by molar-refractivity contribution is -0.142. The third-order valence-electron chi connectivity index (χ3n) is 12.4. The summed E-state index contributed by atoms with van der Waals surface area (Å²) < 4.78 is 53.7. The first-order valence-corrected chi connectivity index (χ1v) is 24.3. The number of aliphatic hydroxyl groups excluding tert-OH is 1. The van der Waals surface area contributed by atoms with Crippen LogP contribution >= 0.6 is 23.6 Å². The number of nitrogens with one attached hydrogen (secondary N) is 2. The number of likely N-dealkylation sites (tertiary alicyclic amines) is 1. The third kappa shape index (κ3) is 11.7. The van der Waals surface area contributed by atoms with Crippen LogP contribution in [0.4, 0.5) is 35.9 Å². The van der Waals surface area contributed by atoms with Crippen molar-refractivity contribution < 1.29 is 46.9 Å². The quantitative estimate of drug-likeness (QED) is 0.0466. The first-order chi connectivity index (χ1) is 34.0. The number of thiazole rings is 1. The molecule has 0 radical (unpaired) electrons. The molecule has 4 aromatic carbocycles. The van der Waals surface area contributed by atoms with Crippen LogP contribution < -0.4 is 34.8 Å². The maximum atomic E-state index is 14.2. The minimum Gasteiger partial charge on any atom is -0.490 e. The highest BCUT2D eigenvalue weighted by atomic mass is 32.1. The van der Waals surface area contributed by atoms with E-state index in [2.05, 4.69) is 27.3 Å². The van der Waals surface area contributed by atoms with Gasteiger partial charge in [0.25, 0.3) is 5.91 Å². The highest BCUT2D eigenvalue weighted by Crippen LogP contribution is 2.40. The lowest BCUT2D eigenvalue weighted by Gasteiger charge is -2.35. The zero-order valence-corrected chi connectivity index (χ0v) is 42.6. The van der Waals surface area contributed by atoms with Crippen LogP contribution in [0.25, 0.3) is 10.4 Å². The Kier molecular flexibility index (Phi) is 15.8. The van der Waals surface area contributed by atoms with E-state index >= 15 is 0 Å². The molecule has 3 heterocycles. The van der Waals surface area contributed by atoms with Crippen LogP contribution in [0.15, 0.2) is 101 Å². The first-order valence-electron chi connectivity index (χ1n) is 23.1. The van der Waals surface area contributed by atoms with Gasteiger partial charge in [0.1, 0.15) is 42.3 Å². The van der Waals surface area contributed by atoms with Crippen molar-refractivity contribution in [3.63, 3.8) is 0 Å². The summed E-state index contributed by atoms with van der Waals surface area (Å²) in [7, 11) is 1.74. The predicted octanol–water partition coefficient (Wildman–Crippen LogP) is 8.28. The molecule has 380 valence electrons. The van der Waals surface area contributed by atoms with Gasteiger partial charge in [-0.25, -0.2) is 4.98 Å². The molecule has 15 nitrogen and oxygen atoms in total. The van der Waals surface area contributed by atoms with Gasteiger partial charge < -0.3 is 39.9 Å². The number of anilines is 4. The minimum atomic E-state index is -4.68. The van der Waals surface area contributed by atoms with E-state index in [1.54, 1.807) is 90.8 Å². The molecule has 3 atom stereocenters. The predicted molar refractivity (Wildman–Crippen MR) is 277 cm³/mol. The van der Waals surface area contributed by atoms with Gasteiger partial charge in [-0.3, -0.25) is 29.1 Å². The number of likely N-dealkylation sites (N-methyl/N-ethyl adjacent to an activating group) is 1. The number of hydrogen-bond acceptors (Lipinski definition) is 12. The average molecular weight is 1030 g/mol. The second-order valence-electron chi connectivity index (χ2n) is 19.2. The lowest BCUT2D eigenvalue weighted by atomic mass is 9.85. The van der Waals surface area contributed by atoms with Crippen molar-refractivity contribution in [1.82, 2.24) is 15.2 Å². The van der Waals surface area contributed by atoms with Gasteiger partial charge in [-0.2, -0.15) is 13.2 Å². The number of aryl methyl sites for hydroxylation is 1. The molecule has 0 bridgehead atoms. The Hall–Kier alpha value is -6.90. The van der Waals surface area contributed by atoms with Gasteiger partial charge >= 0.3 is 6.18 Å². The summed E-state index contributed by atoms with van der Waals surface area (Å²) in [5, 5.41) is 16.5. The Balaban J connectivity index is 0.895. The molecular formula is C52H57F3N8O7S2. The standard InChI is InChI=1S/C52H57F3N8O7S2/c1-31-44(72-30-57-31)32-10-9-11-34(24-32)58-46(66)42-26-38(64)28-61(42)47(67)45(50(2,3)4)59-43(65)29-60(8)35-14-18-39(19-15-35)69-22-23-70-40-20-16-36(17-21-40)63-49(71)62(48(68)51(63,5)6)37-13-12-33(27-56-7)41(25-37)52(53,54)55/h9-21,24-25,30,38,42,45,64H,7,22-23,26-29H2,1-6,8H3,(H,58,66)(H,59,65)/t38-,42-,45-/m1/s1. The van der Waals surface area contributed by atoms with Crippen molar-refractivity contribution in [2.75, 3.05) is 53.4 Å². The number of benzene rings is 4. The molecule has 72 heavy (non-hydrogen) atoms. The molecule has 2 aliphatic rings. The topological polar surface area (TPSA) is 169 Å². The van der Waals surface area contributed by atoms with Crippen molar-refractivity contribution in [2.45, 2.75) is 84.4 Å². The van der Waals surface area contributed by atoms with Gasteiger partial charge in [-0.05, 0) is 129 Å². The number of halogens is 3. The second kappa shape index (κ2) is 21.4. The molecule has 2 aliphatic heterocycles. The van der Waals surface area contributed by atoms with Crippen molar-refractivity contribution in [3.05, 3.63) is 113 Å². The van der Waals surface area contributed by atoms with Gasteiger partial charge in [-0.1, -0.05) is 39.0 Å². The van der Waals surface area contributed by atoms with E-state index in [1.807, 2.05) is 45.9 Å². The number of hydrogen-bond donors (Lipinski definition) is 3. The Morgan fingerprint density at radius 1 is 0.986 bits per heavy atom. The number of β-amino-alcohol motifs (C(OH)–C–C–N with tert-alkyl or cyclic N) is 1. The number of carbonyl (C=O) groups excluding carboxylic acids is 4. The van der Waals surface area contributed by atoms with Crippen molar-refractivity contribution in [3.8, 4) is 21.9 Å². The summed E-state index contributed by atoms with van der Waals surface area (Å²) in [5.74, 6) is -0.758. The molecule has 20 heteroatoms. The Morgan fingerprint density at radius 2 is 1.62 bits per heavy atom. The maximum absolute atomic E-state index is 14.2. The fourth-order valence-electron chi connectivity index (χ4n) is 8.67. The van der Waals surface area contributed by atoms with Crippen LogP contribution in [0.5, 0.6) is 11.5 Å². The molecule has 5 aromatic rings. The number of alkyl halides is 3. The average Bonchev–Trinajstić information content (AvgIpc) is 3.99. The smallest absolute Gasteiger partial charge is 0.416 e. The van der Waals surface area contributed by atoms with Gasteiger partial charge in [-0.15, -0.1) is 11.3 Å². The molecule has 1 aromatic heterocycles. The second-order valence-corrected chi connectivity index (χ2v) is 20.4. The van der Waals surface area contributed by atoms with E-state index in [0.717, 1.165) is 27.1 Å². The Labute approximate surface area is 425 Å². The summed E-state index contributed by atoms with van der Waals surface area (Å²) >= 11 is 7.19. The van der Waals surface area contributed by atoms with E-state index < -0.39 is 64.5 Å². The van der Waals surface area contributed by atoms with E-state index in [4.69, 9.17) is 21.7 Å². The highest BCUT2D eigenvalue weighted by molar-refractivity contribution is 7.81.